The molecule has 5 nitrogen and oxygen atoms in total. The summed E-state index contributed by atoms with van der Waals surface area (Å²) in [6.07, 6.45) is 0.726. The summed E-state index contributed by atoms with van der Waals surface area (Å²) in [6.45, 7) is 4.01. The number of amides is 2. The number of carbonyl (C=O) groups excluding carboxylic acids is 1. The Morgan fingerprint density at radius 2 is 2.05 bits per heavy atom. The van der Waals surface area contributed by atoms with Gasteiger partial charge in [0, 0.05) is 19.8 Å². The maximum atomic E-state index is 11.9. The molecule has 0 heterocycles. The van der Waals surface area contributed by atoms with Crippen molar-refractivity contribution in [1.29, 1.82) is 0 Å². The third-order valence-corrected chi connectivity index (χ3v) is 3.30. The van der Waals surface area contributed by atoms with Crippen molar-refractivity contribution in [3.63, 3.8) is 0 Å². The zero-order chi connectivity index (χ0) is 16.0. The summed E-state index contributed by atoms with van der Waals surface area (Å²) in [5.41, 5.74) is 1.50. The van der Waals surface area contributed by atoms with Crippen molar-refractivity contribution in [3.05, 3.63) is 23.2 Å². The van der Waals surface area contributed by atoms with Gasteiger partial charge in [0.05, 0.1) is 23.4 Å². The van der Waals surface area contributed by atoms with E-state index in [2.05, 4.69) is 10.6 Å². The van der Waals surface area contributed by atoms with Crippen LogP contribution in [0.15, 0.2) is 18.2 Å². The molecule has 0 saturated carbocycles. The molecule has 0 aliphatic heterocycles. The number of nitrogens with zero attached hydrogens (tertiary/aromatic N) is 1. The number of aliphatic hydroxyl groups excluding tert-OH is 1. The van der Waals surface area contributed by atoms with E-state index in [1.54, 1.807) is 12.1 Å². The number of nitrogens with one attached hydrogen (secondary N) is 2. The number of hydrogen-bond acceptors (Lipinski definition) is 3. The van der Waals surface area contributed by atoms with Crippen molar-refractivity contribution in [2.45, 2.75) is 26.3 Å². The third kappa shape index (κ3) is 5.81. The Morgan fingerprint density at radius 3 is 2.52 bits per heavy atom. The molecule has 118 valence electrons. The minimum Gasteiger partial charge on any atom is -0.394 e. The number of carbonyl (C=O) groups is 1. The third-order valence-electron chi connectivity index (χ3n) is 3.00. The van der Waals surface area contributed by atoms with Gasteiger partial charge < -0.3 is 20.6 Å². The topological polar surface area (TPSA) is 64.6 Å². The highest BCUT2D eigenvalue weighted by atomic mass is 35.5. The molecular weight excluding hydrogens is 290 g/mol. The van der Waals surface area contributed by atoms with E-state index in [1.807, 2.05) is 38.9 Å². The van der Waals surface area contributed by atoms with Gasteiger partial charge in [-0.2, -0.15) is 0 Å². The lowest BCUT2D eigenvalue weighted by molar-refractivity contribution is 0.214. The molecule has 0 aliphatic carbocycles. The predicted octanol–water partition coefficient (Wildman–Crippen LogP) is 2.93. The monoisotopic (exact) mass is 313 g/mol. The van der Waals surface area contributed by atoms with Crippen LogP contribution in [-0.4, -0.2) is 37.9 Å². The molecule has 0 aromatic heterocycles. The van der Waals surface area contributed by atoms with E-state index in [0.29, 0.717) is 16.6 Å². The van der Waals surface area contributed by atoms with Crippen LogP contribution in [0.2, 0.25) is 5.02 Å². The van der Waals surface area contributed by atoms with Gasteiger partial charge in [-0.3, -0.25) is 0 Å². The molecule has 3 N–H and O–H groups in total. The van der Waals surface area contributed by atoms with Crippen LogP contribution in [0.4, 0.5) is 16.2 Å². The molecule has 0 spiro atoms. The highest BCUT2D eigenvalue weighted by Crippen LogP contribution is 2.27. The second-order valence-electron chi connectivity index (χ2n) is 5.67. The van der Waals surface area contributed by atoms with E-state index in [0.717, 1.165) is 12.1 Å². The van der Waals surface area contributed by atoms with Gasteiger partial charge in [0.25, 0.3) is 0 Å². The maximum Gasteiger partial charge on any atom is 0.319 e. The first-order valence-corrected chi connectivity index (χ1v) is 7.36. The first-order valence-electron chi connectivity index (χ1n) is 6.98. The van der Waals surface area contributed by atoms with Crippen LogP contribution in [0.25, 0.3) is 0 Å². The summed E-state index contributed by atoms with van der Waals surface area (Å²) in [6, 6.07) is 4.74. The molecule has 1 aromatic rings. The Bertz CT molecular complexity index is 478. The fraction of sp³-hybridized carbons (Fsp3) is 0.533. The molecule has 0 aliphatic rings. The predicted molar refractivity (Wildman–Crippen MR) is 88.3 cm³/mol. The molecule has 1 atom stereocenters. The first kappa shape index (κ1) is 17.6. The second-order valence-corrected chi connectivity index (χ2v) is 6.08. The quantitative estimate of drug-likeness (QED) is 0.756. The minimum absolute atomic E-state index is 0.0775. The number of anilines is 2. The first-order chi connectivity index (χ1) is 9.83. The van der Waals surface area contributed by atoms with Crippen LogP contribution >= 0.6 is 11.6 Å². The minimum atomic E-state index is -0.344. The summed E-state index contributed by atoms with van der Waals surface area (Å²) in [7, 11) is 3.80. The van der Waals surface area contributed by atoms with E-state index >= 15 is 0 Å². The molecule has 0 fully saturated rings. The highest BCUT2D eigenvalue weighted by Gasteiger charge is 2.13. The lowest BCUT2D eigenvalue weighted by Gasteiger charge is -2.19. The van der Waals surface area contributed by atoms with E-state index in [4.69, 9.17) is 11.6 Å². The maximum absolute atomic E-state index is 11.9. The van der Waals surface area contributed by atoms with E-state index < -0.39 is 0 Å². The van der Waals surface area contributed by atoms with Crippen LogP contribution in [0.1, 0.15) is 20.3 Å². The van der Waals surface area contributed by atoms with Crippen LogP contribution < -0.4 is 15.5 Å². The molecule has 2 amide bonds. The lowest BCUT2D eigenvalue weighted by atomic mass is 10.0. The number of halogens is 1. The SMILES string of the molecule is CC(C)CC(CO)NC(=O)Nc1ccc(N(C)C)c(Cl)c1. The number of rotatable bonds is 6. The normalized spacial score (nSPS) is 12.1. The van der Waals surface area contributed by atoms with E-state index in [1.165, 1.54) is 0 Å². The molecule has 1 rings (SSSR count). The number of benzene rings is 1. The standard InChI is InChI=1S/C15H24ClN3O2/c1-10(2)7-12(9-20)18-15(21)17-11-5-6-14(19(3)4)13(16)8-11/h5-6,8,10,12,20H,7,9H2,1-4H3,(H2,17,18,21). The molecular formula is C15H24ClN3O2. The molecule has 0 radical (unpaired) electrons. The summed E-state index contributed by atoms with van der Waals surface area (Å²) in [4.78, 5) is 13.8. The Labute approximate surface area is 131 Å². The molecule has 1 aromatic carbocycles. The molecule has 0 saturated heterocycles. The van der Waals surface area contributed by atoms with Crippen molar-refractivity contribution in [2.24, 2.45) is 5.92 Å². The highest BCUT2D eigenvalue weighted by molar-refractivity contribution is 6.33. The molecule has 21 heavy (non-hydrogen) atoms. The van der Waals surface area contributed by atoms with Crippen LogP contribution in [0.3, 0.4) is 0 Å². The van der Waals surface area contributed by atoms with Crippen molar-refractivity contribution in [2.75, 3.05) is 30.9 Å². The molecule has 6 heteroatoms. The molecule has 0 bridgehead atoms. The van der Waals surface area contributed by atoms with Gasteiger partial charge in [-0.1, -0.05) is 25.4 Å². The van der Waals surface area contributed by atoms with Gasteiger partial charge in [-0.05, 0) is 30.5 Å². The van der Waals surface area contributed by atoms with Crippen molar-refractivity contribution in [1.82, 2.24) is 5.32 Å². The summed E-state index contributed by atoms with van der Waals surface area (Å²) < 4.78 is 0. The van der Waals surface area contributed by atoms with Gasteiger partial charge in [-0.15, -0.1) is 0 Å². The van der Waals surface area contributed by atoms with Crippen LogP contribution in [-0.2, 0) is 0 Å². The number of aliphatic hydroxyl groups is 1. The zero-order valence-corrected chi connectivity index (χ0v) is 13.7. The van der Waals surface area contributed by atoms with Crippen LogP contribution in [0.5, 0.6) is 0 Å². The summed E-state index contributed by atoms with van der Waals surface area (Å²) in [5, 5.41) is 15.3. The Kier molecular flexibility index (Phi) is 6.78. The second kappa shape index (κ2) is 8.10. The van der Waals surface area contributed by atoms with Crippen molar-refractivity contribution in [3.8, 4) is 0 Å². The fourth-order valence-corrected chi connectivity index (χ4v) is 2.40. The summed E-state index contributed by atoms with van der Waals surface area (Å²) >= 11 is 6.16. The smallest absolute Gasteiger partial charge is 0.319 e. The molecule has 1 unspecified atom stereocenters. The van der Waals surface area contributed by atoms with E-state index in [9.17, 15) is 9.90 Å². The summed E-state index contributed by atoms with van der Waals surface area (Å²) in [5.74, 6) is 0.399. The Balaban J connectivity index is 2.64. The number of hydrogen-bond donors (Lipinski definition) is 3. The fourth-order valence-electron chi connectivity index (χ4n) is 2.05. The van der Waals surface area contributed by atoms with E-state index in [-0.39, 0.29) is 18.7 Å². The lowest BCUT2D eigenvalue weighted by Crippen LogP contribution is -2.40. The average Bonchev–Trinajstić information content (AvgIpc) is 2.36. The Morgan fingerprint density at radius 1 is 1.38 bits per heavy atom. The Hall–Kier alpha value is -1.46. The van der Waals surface area contributed by atoms with Gasteiger partial charge in [0.1, 0.15) is 0 Å². The number of urea groups is 1. The van der Waals surface area contributed by atoms with Crippen molar-refractivity contribution < 1.29 is 9.90 Å². The largest absolute Gasteiger partial charge is 0.394 e. The zero-order valence-electron chi connectivity index (χ0n) is 13.0. The van der Waals surface area contributed by atoms with Gasteiger partial charge >= 0.3 is 6.03 Å². The van der Waals surface area contributed by atoms with Gasteiger partial charge in [0.2, 0.25) is 0 Å². The average molecular weight is 314 g/mol. The van der Waals surface area contributed by atoms with Gasteiger partial charge in [0.15, 0.2) is 0 Å². The van der Waals surface area contributed by atoms with Crippen LogP contribution in [0, 0.1) is 5.92 Å². The van der Waals surface area contributed by atoms with Crippen molar-refractivity contribution >= 4 is 29.0 Å². The van der Waals surface area contributed by atoms with Gasteiger partial charge in [-0.25, -0.2) is 4.79 Å².